The summed E-state index contributed by atoms with van der Waals surface area (Å²) in [6.07, 6.45) is 3.65. The monoisotopic (exact) mass is 190 g/mol. The average Bonchev–Trinajstić information content (AvgIpc) is 2.62. The lowest BCUT2D eigenvalue weighted by molar-refractivity contribution is 0.520. The Morgan fingerprint density at radius 3 is 3.07 bits per heavy atom. The maximum atomic E-state index is 11.4. The number of furan rings is 1. The van der Waals surface area contributed by atoms with Crippen molar-refractivity contribution in [1.29, 1.82) is 0 Å². The predicted molar refractivity (Wildman–Crippen MR) is 51.1 cm³/mol. The normalized spacial score (nSPS) is 10.4. The van der Waals surface area contributed by atoms with E-state index >= 15 is 0 Å². The summed E-state index contributed by atoms with van der Waals surface area (Å²) < 4.78 is 5.14. The van der Waals surface area contributed by atoms with E-state index < -0.39 is 0 Å². The lowest BCUT2D eigenvalue weighted by atomic mass is 10.2. The van der Waals surface area contributed by atoms with Crippen molar-refractivity contribution in [2.45, 2.75) is 13.3 Å². The Bertz CT molecular complexity index is 471. The molecule has 4 heteroatoms. The molecular formula is C10H10N2O2. The van der Waals surface area contributed by atoms with Gasteiger partial charge < -0.3 is 9.40 Å². The van der Waals surface area contributed by atoms with Crippen LogP contribution in [0.25, 0.3) is 0 Å². The van der Waals surface area contributed by atoms with Crippen LogP contribution in [-0.2, 0) is 6.42 Å². The summed E-state index contributed by atoms with van der Waals surface area (Å²) in [5.74, 6) is 1.39. The van der Waals surface area contributed by atoms with Gasteiger partial charge in [0.05, 0.1) is 6.26 Å². The molecule has 0 unspecified atom stereocenters. The Hall–Kier alpha value is -1.84. The van der Waals surface area contributed by atoms with Gasteiger partial charge in [-0.15, -0.1) is 0 Å². The Morgan fingerprint density at radius 1 is 1.57 bits per heavy atom. The second kappa shape index (κ2) is 3.49. The largest absolute Gasteiger partial charge is 0.469 e. The number of rotatable bonds is 2. The fourth-order valence-electron chi connectivity index (χ4n) is 1.24. The van der Waals surface area contributed by atoms with E-state index in [-0.39, 0.29) is 5.56 Å². The summed E-state index contributed by atoms with van der Waals surface area (Å²) in [5.41, 5.74) is 0.513. The van der Waals surface area contributed by atoms with Crippen LogP contribution in [0.4, 0.5) is 0 Å². The molecule has 0 atom stereocenters. The molecule has 0 radical (unpaired) electrons. The van der Waals surface area contributed by atoms with Crippen molar-refractivity contribution in [2.24, 2.45) is 0 Å². The van der Waals surface area contributed by atoms with Gasteiger partial charge in [0.25, 0.3) is 5.56 Å². The Labute approximate surface area is 80.6 Å². The Balaban J connectivity index is 2.30. The van der Waals surface area contributed by atoms with Gasteiger partial charge in [-0.05, 0) is 19.1 Å². The minimum Gasteiger partial charge on any atom is -0.469 e. The van der Waals surface area contributed by atoms with Crippen LogP contribution < -0.4 is 5.56 Å². The predicted octanol–water partition coefficient (Wildman–Crippen LogP) is 1.26. The first kappa shape index (κ1) is 8.74. The fourth-order valence-corrected chi connectivity index (χ4v) is 1.24. The minimum atomic E-state index is -0.103. The highest BCUT2D eigenvalue weighted by atomic mass is 16.3. The molecule has 0 aliphatic rings. The van der Waals surface area contributed by atoms with E-state index in [1.54, 1.807) is 25.5 Å². The first-order valence-electron chi connectivity index (χ1n) is 4.33. The standard InChI is InChI=1S/C10H10N2O2/c1-7-11-6-8(10(13)12-7)5-9-3-2-4-14-9/h2-4,6H,5H2,1H3,(H,11,12,13). The zero-order valence-corrected chi connectivity index (χ0v) is 7.78. The maximum absolute atomic E-state index is 11.4. The molecule has 2 heterocycles. The van der Waals surface area contributed by atoms with Crippen LogP contribution in [0, 0.1) is 6.92 Å². The Kier molecular flexibility index (Phi) is 2.18. The number of hydrogen-bond acceptors (Lipinski definition) is 3. The molecule has 0 bridgehead atoms. The summed E-state index contributed by atoms with van der Waals surface area (Å²) in [6, 6.07) is 3.63. The lowest BCUT2D eigenvalue weighted by Gasteiger charge is -1.97. The highest BCUT2D eigenvalue weighted by Crippen LogP contribution is 2.05. The molecule has 14 heavy (non-hydrogen) atoms. The molecule has 4 nitrogen and oxygen atoms in total. The van der Waals surface area contributed by atoms with Crippen LogP contribution in [-0.4, -0.2) is 9.97 Å². The van der Waals surface area contributed by atoms with Crippen LogP contribution >= 0.6 is 0 Å². The van der Waals surface area contributed by atoms with E-state index in [0.717, 1.165) is 5.76 Å². The van der Waals surface area contributed by atoms with Gasteiger partial charge in [-0.1, -0.05) is 0 Å². The molecule has 0 amide bonds. The van der Waals surface area contributed by atoms with Crippen LogP contribution in [0.2, 0.25) is 0 Å². The summed E-state index contributed by atoms with van der Waals surface area (Å²) in [6.45, 7) is 1.75. The molecule has 0 fully saturated rings. The van der Waals surface area contributed by atoms with Crippen LogP contribution in [0.3, 0.4) is 0 Å². The van der Waals surface area contributed by atoms with Crippen molar-refractivity contribution in [3.63, 3.8) is 0 Å². The zero-order chi connectivity index (χ0) is 9.97. The number of nitrogens with one attached hydrogen (secondary N) is 1. The third-order valence-corrected chi connectivity index (χ3v) is 1.94. The molecule has 2 aromatic rings. The number of H-pyrrole nitrogens is 1. The molecule has 0 aromatic carbocycles. The summed E-state index contributed by atoms with van der Waals surface area (Å²) in [5, 5.41) is 0. The van der Waals surface area contributed by atoms with Crippen molar-refractivity contribution < 1.29 is 4.42 Å². The summed E-state index contributed by atoms with van der Waals surface area (Å²) in [4.78, 5) is 18.1. The summed E-state index contributed by atoms with van der Waals surface area (Å²) >= 11 is 0. The second-order valence-electron chi connectivity index (χ2n) is 3.08. The van der Waals surface area contributed by atoms with Gasteiger partial charge in [0.2, 0.25) is 0 Å². The van der Waals surface area contributed by atoms with Gasteiger partial charge in [-0.3, -0.25) is 4.79 Å². The SMILES string of the molecule is Cc1ncc(Cc2ccco2)c(=O)[nH]1. The van der Waals surface area contributed by atoms with Crippen LogP contribution in [0.5, 0.6) is 0 Å². The third-order valence-electron chi connectivity index (χ3n) is 1.94. The number of aryl methyl sites for hydroxylation is 1. The molecule has 0 saturated heterocycles. The van der Waals surface area contributed by atoms with E-state index in [1.807, 2.05) is 6.07 Å². The van der Waals surface area contributed by atoms with Crippen molar-refractivity contribution in [3.8, 4) is 0 Å². The number of hydrogen-bond donors (Lipinski definition) is 1. The van der Waals surface area contributed by atoms with Gasteiger partial charge >= 0.3 is 0 Å². The maximum Gasteiger partial charge on any atom is 0.254 e. The quantitative estimate of drug-likeness (QED) is 0.775. The lowest BCUT2D eigenvalue weighted by Crippen LogP contribution is -2.14. The van der Waals surface area contributed by atoms with Crippen molar-refractivity contribution in [1.82, 2.24) is 9.97 Å². The Morgan fingerprint density at radius 2 is 2.43 bits per heavy atom. The van der Waals surface area contributed by atoms with Crippen molar-refractivity contribution >= 4 is 0 Å². The molecular weight excluding hydrogens is 180 g/mol. The first-order chi connectivity index (χ1) is 6.75. The van der Waals surface area contributed by atoms with Gasteiger partial charge in [-0.2, -0.15) is 0 Å². The molecule has 72 valence electrons. The first-order valence-corrected chi connectivity index (χ1v) is 4.33. The molecule has 0 spiro atoms. The summed E-state index contributed by atoms with van der Waals surface area (Å²) in [7, 11) is 0. The van der Waals surface area contributed by atoms with Gasteiger partial charge in [0.1, 0.15) is 11.6 Å². The van der Waals surface area contributed by atoms with Gasteiger partial charge in [0.15, 0.2) is 0 Å². The van der Waals surface area contributed by atoms with E-state index in [4.69, 9.17) is 4.42 Å². The van der Waals surface area contributed by atoms with E-state index in [0.29, 0.717) is 17.8 Å². The number of aromatic nitrogens is 2. The molecule has 0 saturated carbocycles. The molecule has 1 N–H and O–H groups in total. The number of nitrogens with zero attached hydrogens (tertiary/aromatic N) is 1. The average molecular weight is 190 g/mol. The minimum absolute atomic E-state index is 0.103. The third kappa shape index (κ3) is 1.74. The molecule has 2 aromatic heterocycles. The van der Waals surface area contributed by atoms with E-state index in [2.05, 4.69) is 9.97 Å². The molecule has 0 aliphatic carbocycles. The fraction of sp³-hybridized carbons (Fsp3) is 0.200. The van der Waals surface area contributed by atoms with Crippen molar-refractivity contribution in [2.75, 3.05) is 0 Å². The van der Waals surface area contributed by atoms with E-state index in [1.165, 1.54) is 0 Å². The van der Waals surface area contributed by atoms with Crippen LogP contribution in [0.1, 0.15) is 17.1 Å². The van der Waals surface area contributed by atoms with Crippen LogP contribution in [0.15, 0.2) is 33.8 Å². The smallest absolute Gasteiger partial charge is 0.254 e. The highest BCUT2D eigenvalue weighted by Gasteiger charge is 2.03. The molecule has 2 rings (SSSR count). The zero-order valence-electron chi connectivity index (χ0n) is 7.78. The van der Waals surface area contributed by atoms with Gasteiger partial charge in [0, 0.05) is 18.2 Å². The van der Waals surface area contributed by atoms with Crippen molar-refractivity contribution in [3.05, 3.63) is 52.1 Å². The topological polar surface area (TPSA) is 58.9 Å². The second-order valence-corrected chi connectivity index (χ2v) is 3.08. The molecule has 0 aliphatic heterocycles. The van der Waals surface area contributed by atoms with E-state index in [9.17, 15) is 4.79 Å². The number of aromatic amines is 1. The van der Waals surface area contributed by atoms with Gasteiger partial charge in [-0.25, -0.2) is 4.98 Å². The highest BCUT2D eigenvalue weighted by molar-refractivity contribution is 5.14.